The highest BCUT2D eigenvalue weighted by atomic mass is 16.5. The molecule has 21 heavy (non-hydrogen) atoms. The third kappa shape index (κ3) is 2.99. The molecule has 0 atom stereocenters. The van der Waals surface area contributed by atoms with Crippen LogP contribution in [0.4, 0.5) is 0 Å². The molecule has 1 aromatic heterocycles. The van der Waals surface area contributed by atoms with Gasteiger partial charge in [-0.1, -0.05) is 26.7 Å². The van der Waals surface area contributed by atoms with Gasteiger partial charge in [0.15, 0.2) is 0 Å². The lowest BCUT2D eigenvalue weighted by molar-refractivity contribution is 0.0601. The molecule has 1 heterocycles. The normalized spacial score (nSPS) is 10.8. The van der Waals surface area contributed by atoms with Crippen LogP contribution in [0.2, 0.25) is 0 Å². The molecule has 0 aliphatic carbocycles. The fraction of sp³-hybridized carbons (Fsp3) is 0.412. The smallest absolute Gasteiger partial charge is 0.337 e. The first kappa shape index (κ1) is 15.3. The summed E-state index contributed by atoms with van der Waals surface area (Å²) in [6.07, 6.45) is 3.46. The van der Waals surface area contributed by atoms with Gasteiger partial charge in [0, 0.05) is 16.5 Å². The lowest BCUT2D eigenvalue weighted by Crippen LogP contribution is -2.16. The zero-order chi connectivity index (χ0) is 15.4. The van der Waals surface area contributed by atoms with E-state index < -0.39 is 0 Å². The average molecular weight is 287 g/mol. The lowest BCUT2D eigenvalue weighted by Gasteiger charge is -2.12. The Labute approximate surface area is 124 Å². The fourth-order valence-corrected chi connectivity index (χ4v) is 2.70. The van der Waals surface area contributed by atoms with Crippen LogP contribution in [0.1, 0.15) is 48.2 Å². The van der Waals surface area contributed by atoms with Gasteiger partial charge in [0.05, 0.1) is 12.7 Å². The molecule has 0 spiro atoms. The number of H-pyrrole nitrogens is 1. The van der Waals surface area contributed by atoms with Gasteiger partial charge in [-0.3, -0.25) is 4.79 Å². The number of hydrogen-bond donors (Lipinski definition) is 1. The molecule has 0 unspecified atom stereocenters. The molecule has 2 rings (SSSR count). The number of esters is 1. The number of aryl methyl sites for hydroxylation is 1. The maximum absolute atomic E-state index is 12.2. The summed E-state index contributed by atoms with van der Waals surface area (Å²) in [5, 5.41) is 0.947. The number of carbonyl (C=O) groups excluding carboxylic acids is 1. The van der Waals surface area contributed by atoms with E-state index in [0.29, 0.717) is 5.56 Å². The molecule has 0 radical (unpaired) electrons. The second kappa shape index (κ2) is 6.57. The zero-order valence-electron chi connectivity index (χ0n) is 12.8. The van der Waals surface area contributed by atoms with Crippen molar-refractivity contribution in [2.45, 2.75) is 39.5 Å². The molecule has 112 valence electrons. The highest BCUT2D eigenvalue weighted by Gasteiger charge is 2.14. The van der Waals surface area contributed by atoms with Crippen molar-refractivity contribution in [3.05, 3.63) is 45.2 Å². The van der Waals surface area contributed by atoms with Gasteiger partial charge in [-0.05, 0) is 36.6 Å². The van der Waals surface area contributed by atoms with E-state index in [1.165, 1.54) is 7.11 Å². The summed E-state index contributed by atoms with van der Waals surface area (Å²) in [6.45, 7) is 4.15. The van der Waals surface area contributed by atoms with Crippen LogP contribution < -0.4 is 5.56 Å². The van der Waals surface area contributed by atoms with E-state index in [2.05, 4.69) is 18.8 Å². The van der Waals surface area contributed by atoms with Crippen molar-refractivity contribution >= 4 is 16.9 Å². The minimum Gasteiger partial charge on any atom is -0.465 e. The molecule has 4 heteroatoms. The van der Waals surface area contributed by atoms with Crippen LogP contribution in [0.15, 0.2) is 23.0 Å². The highest BCUT2D eigenvalue weighted by Crippen LogP contribution is 2.22. The number of aromatic nitrogens is 1. The number of fused-ring (bicyclic) bond motifs is 1. The van der Waals surface area contributed by atoms with Gasteiger partial charge >= 0.3 is 5.97 Å². The Hall–Kier alpha value is -2.10. The molecule has 0 aliphatic heterocycles. The summed E-state index contributed by atoms with van der Waals surface area (Å²) in [6, 6.07) is 5.28. The van der Waals surface area contributed by atoms with E-state index in [4.69, 9.17) is 4.74 Å². The van der Waals surface area contributed by atoms with E-state index in [1.807, 2.05) is 6.07 Å². The van der Waals surface area contributed by atoms with Crippen LogP contribution >= 0.6 is 0 Å². The van der Waals surface area contributed by atoms with Crippen LogP contribution in [-0.4, -0.2) is 18.1 Å². The molecule has 0 bridgehead atoms. The zero-order valence-corrected chi connectivity index (χ0v) is 12.8. The molecule has 0 saturated carbocycles. The van der Waals surface area contributed by atoms with Crippen LogP contribution in [0.5, 0.6) is 0 Å². The van der Waals surface area contributed by atoms with Crippen molar-refractivity contribution in [2.75, 3.05) is 7.11 Å². The van der Waals surface area contributed by atoms with Gasteiger partial charge in [-0.25, -0.2) is 4.79 Å². The Morgan fingerprint density at radius 1 is 1.14 bits per heavy atom. The van der Waals surface area contributed by atoms with Crippen molar-refractivity contribution in [1.29, 1.82) is 0 Å². The van der Waals surface area contributed by atoms with Crippen molar-refractivity contribution in [1.82, 2.24) is 4.98 Å². The summed E-state index contributed by atoms with van der Waals surface area (Å²) in [5.74, 6) is -0.359. The summed E-state index contributed by atoms with van der Waals surface area (Å²) in [4.78, 5) is 26.9. The first-order valence-electron chi connectivity index (χ1n) is 7.38. The Morgan fingerprint density at radius 2 is 1.81 bits per heavy atom. The molecule has 0 amide bonds. The minimum absolute atomic E-state index is 0.0152. The second-order valence-corrected chi connectivity index (χ2v) is 5.16. The van der Waals surface area contributed by atoms with Crippen molar-refractivity contribution in [3.63, 3.8) is 0 Å². The molecule has 1 aromatic carbocycles. The van der Waals surface area contributed by atoms with E-state index in [0.717, 1.165) is 47.7 Å². The van der Waals surface area contributed by atoms with E-state index in [1.54, 1.807) is 12.1 Å². The topological polar surface area (TPSA) is 59.2 Å². The molecule has 0 aliphatic rings. The third-order valence-corrected chi connectivity index (χ3v) is 3.65. The van der Waals surface area contributed by atoms with Gasteiger partial charge < -0.3 is 9.72 Å². The highest BCUT2D eigenvalue weighted by molar-refractivity contribution is 5.95. The van der Waals surface area contributed by atoms with E-state index in [9.17, 15) is 9.59 Å². The molecule has 0 saturated heterocycles. The van der Waals surface area contributed by atoms with Crippen molar-refractivity contribution in [2.24, 2.45) is 0 Å². The number of benzene rings is 1. The summed E-state index contributed by atoms with van der Waals surface area (Å²) >= 11 is 0. The second-order valence-electron chi connectivity index (χ2n) is 5.16. The Morgan fingerprint density at radius 3 is 2.43 bits per heavy atom. The average Bonchev–Trinajstić information content (AvgIpc) is 2.49. The summed E-state index contributed by atoms with van der Waals surface area (Å²) < 4.78 is 4.78. The number of carbonyl (C=O) groups is 1. The quantitative estimate of drug-likeness (QED) is 0.859. The minimum atomic E-state index is -0.359. The fourth-order valence-electron chi connectivity index (χ4n) is 2.70. The number of aromatic amines is 1. The maximum Gasteiger partial charge on any atom is 0.337 e. The van der Waals surface area contributed by atoms with Gasteiger partial charge in [-0.15, -0.1) is 0 Å². The van der Waals surface area contributed by atoms with Crippen molar-refractivity contribution < 1.29 is 9.53 Å². The number of nitrogens with one attached hydrogen (secondary N) is 1. The molecule has 1 N–H and O–H groups in total. The SMILES string of the molecule is CCCc1c(CCC)c2cc(C(=O)OC)ccc2[nH]c1=O. The van der Waals surface area contributed by atoms with Gasteiger partial charge in [0.2, 0.25) is 0 Å². The third-order valence-electron chi connectivity index (χ3n) is 3.65. The van der Waals surface area contributed by atoms with Crippen molar-refractivity contribution in [3.8, 4) is 0 Å². The van der Waals surface area contributed by atoms with Crippen LogP contribution in [0, 0.1) is 0 Å². The molecule has 0 fully saturated rings. The number of pyridine rings is 1. The maximum atomic E-state index is 12.2. The van der Waals surface area contributed by atoms with Crippen LogP contribution in [0.3, 0.4) is 0 Å². The molecular weight excluding hydrogens is 266 g/mol. The van der Waals surface area contributed by atoms with Gasteiger partial charge in [0.25, 0.3) is 5.56 Å². The van der Waals surface area contributed by atoms with Gasteiger partial charge in [0.1, 0.15) is 0 Å². The first-order valence-corrected chi connectivity index (χ1v) is 7.38. The summed E-state index contributed by atoms with van der Waals surface area (Å²) in [5.41, 5.74) is 3.17. The Bertz CT molecular complexity index is 716. The monoisotopic (exact) mass is 287 g/mol. The number of ether oxygens (including phenoxy) is 1. The lowest BCUT2D eigenvalue weighted by atomic mass is 9.95. The predicted octanol–water partition coefficient (Wildman–Crippen LogP) is 3.22. The summed E-state index contributed by atoms with van der Waals surface area (Å²) in [7, 11) is 1.37. The van der Waals surface area contributed by atoms with Crippen LogP contribution in [0.25, 0.3) is 10.9 Å². The largest absolute Gasteiger partial charge is 0.465 e. The van der Waals surface area contributed by atoms with E-state index >= 15 is 0 Å². The standard InChI is InChI=1S/C17H21NO3/c1-4-6-12-13(7-5-2)16(19)18-15-9-8-11(10-14(12)15)17(20)21-3/h8-10H,4-7H2,1-3H3,(H,18,19). The Kier molecular flexibility index (Phi) is 4.78. The van der Waals surface area contributed by atoms with E-state index in [-0.39, 0.29) is 11.5 Å². The Balaban J connectivity index is 2.74. The first-order chi connectivity index (χ1) is 10.1. The molecule has 4 nitrogen and oxygen atoms in total. The predicted molar refractivity (Wildman–Crippen MR) is 83.9 cm³/mol. The molecular formula is C17H21NO3. The van der Waals surface area contributed by atoms with Gasteiger partial charge in [-0.2, -0.15) is 0 Å². The van der Waals surface area contributed by atoms with Crippen LogP contribution in [-0.2, 0) is 17.6 Å². The number of rotatable bonds is 5. The molecule has 2 aromatic rings. The number of methoxy groups -OCH3 is 1. The number of hydrogen-bond acceptors (Lipinski definition) is 3.